The molecule has 1 aromatic heterocycles. The van der Waals surface area contributed by atoms with Gasteiger partial charge in [0, 0.05) is 13.6 Å². The van der Waals surface area contributed by atoms with E-state index in [9.17, 15) is 0 Å². The molecule has 0 aliphatic heterocycles. The summed E-state index contributed by atoms with van der Waals surface area (Å²) in [6.07, 6.45) is 1.95. The molecule has 0 aliphatic rings. The highest BCUT2D eigenvalue weighted by Gasteiger charge is 2.06. The van der Waals surface area contributed by atoms with Crippen LogP contribution in [0.3, 0.4) is 0 Å². The minimum atomic E-state index is 0.358. The fraction of sp³-hybridized carbons (Fsp3) is 0.750. The first-order valence-electron chi connectivity index (χ1n) is 6.61. The second-order valence-electron chi connectivity index (χ2n) is 4.45. The summed E-state index contributed by atoms with van der Waals surface area (Å²) in [6.45, 7) is 4.49. The largest absolute Gasteiger partial charge is 0.463 e. The van der Waals surface area contributed by atoms with E-state index in [0.717, 1.165) is 25.9 Å². The second kappa shape index (κ2) is 8.47. The highest BCUT2D eigenvalue weighted by atomic mass is 16.5. The fourth-order valence-electron chi connectivity index (χ4n) is 1.40. The average Bonchev–Trinajstić information content (AvgIpc) is 2.41. The zero-order valence-corrected chi connectivity index (χ0v) is 12.2. The molecule has 0 saturated heterocycles. The van der Waals surface area contributed by atoms with E-state index in [0.29, 0.717) is 24.5 Å². The van der Waals surface area contributed by atoms with Crippen molar-refractivity contribution in [3.8, 4) is 6.01 Å². The van der Waals surface area contributed by atoms with E-state index >= 15 is 0 Å². The average molecular weight is 268 g/mol. The molecule has 0 fully saturated rings. The van der Waals surface area contributed by atoms with Crippen molar-refractivity contribution < 1.29 is 4.74 Å². The van der Waals surface area contributed by atoms with E-state index in [4.69, 9.17) is 4.74 Å². The van der Waals surface area contributed by atoms with E-state index in [1.165, 1.54) is 0 Å². The molecule has 0 atom stereocenters. The summed E-state index contributed by atoms with van der Waals surface area (Å²) < 4.78 is 5.43. The van der Waals surface area contributed by atoms with Gasteiger partial charge in [0.15, 0.2) is 0 Å². The molecule has 0 spiro atoms. The summed E-state index contributed by atoms with van der Waals surface area (Å²) in [5, 5.41) is 6.09. The number of rotatable bonds is 9. The minimum absolute atomic E-state index is 0.358. The molecule has 19 heavy (non-hydrogen) atoms. The van der Waals surface area contributed by atoms with Crippen molar-refractivity contribution in [2.45, 2.75) is 19.8 Å². The van der Waals surface area contributed by atoms with Crippen LogP contribution < -0.4 is 15.4 Å². The van der Waals surface area contributed by atoms with Gasteiger partial charge in [0.2, 0.25) is 11.9 Å². The Hall–Kier alpha value is -1.63. The van der Waals surface area contributed by atoms with Crippen LogP contribution in [0.1, 0.15) is 19.8 Å². The Labute approximate surface area is 114 Å². The Bertz CT molecular complexity index is 371. The normalized spacial score (nSPS) is 10.6. The Balaban J connectivity index is 2.55. The quantitative estimate of drug-likeness (QED) is 0.649. The Morgan fingerprint density at radius 1 is 1.16 bits per heavy atom. The Kier molecular flexibility index (Phi) is 6.88. The third-order valence-electron chi connectivity index (χ3n) is 2.34. The molecule has 2 N–H and O–H groups in total. The van der Waals surface area contributed by atoms with Crippen molar-refractivity contribution in [1.82, 2.24) is 19.9 Å². The molecule has 0 aliphatic carbocycles. The van der Waals surface area contributed by atoms with Gasteiger partial charge in [0.05, 0.1) is 6.61 Å². The smallest absolute Gasteiger partial charge is 0.323 e. The van der Waals surface area contributed by atoms with Crippen LogP contribution in [0.2, 0.25) is 0 Å². The maximum atomic E-state index is 5.43. The lowest BCUT2D eigenvalue weighted by Crippen LogP contribution is -2.17. The molecular formula is C12H24N6O. The van der Waals surface area contributed by atoms with Crippen molar-refractivity contribution in [1.29, 1.82) is 0 Å². The SMILES string of the molecule is CCCOc1nc(NC)nc(NCCCN(C)C)n1. The molecule has 7 heteroatoms. The zero-order chi connectivity index (χ0) is 14.1. The molecule has 1 aromatic rings. The van der Waals surface area contributed by atoms with Gasteiger partial charge in [-0.3, -0.25) is 0 Å². The summed E-state index contributed by atoms with van der Waals surface area (Å²) >= 11 is 0. The molecule has 0 unspecified atom stereocenters. The molecule has 108 valence electrons. The van der Waals surface area contributed by atoms with E-state index in [1.807, 2.05) is 6.92 Å². The summed E-state index contributed by atoms with van der Waals surface area (Å²) in [5.74, 6) is 1.06. The fourth-order valence-corrected chi connectivity index (χ4v) is 1.40. The number of nitrogens with zero attached hydrogens (tertiary/aromatic N) is 4. The van der Waals surface area contributed by atoms with Crippen molar-refractivity contribution in [3.05, 3.63) is 0 Å². The van der Waals surface area contributed by atoms with Crippen LogP contribution in [0, 0.1) is 0 Å². The second-order valence-corrected chi connectivity index (χ2v) is 4.45. The number of aromatic nitrogens is 3. The topological polar surface area (TPSA) is 75.2 Å². The van der Waals surface area contributed by atoms with Crippen LogP contribution >= 0.6 is 0 Å². The van der Waals surface area contributed by atoms with Gasteiger partial charge < -0.3 is 20.3 Å². The third kappa shape index (κ3) is 6.19. The number of nitrogens with one attached hydrogen (secondary N) is 2. The Morgan fingerprint density at radius 2 is 1.89 bits per heavy atom. The molecule has 0 amide bonds. The Morgan fingerprint density at radius 3 is 2.53 bits per heavy atom. The maximum absolute atomic E-state index is 5.43. The first kappa shape index (κ1) is 15.4. The van der Waals surface area contributed by atoms with Crippen molar-refractivity contribution in [3.63, 3.8) is 0 Å². The number of hydrogen-bond acceptors (Lipinski definition) is 7. The first-order chi connectivity index (χ1) is 9.15. The summed E-state index contributed by atoms with van der Waals surface area (Å²) in [4.78, 5) is 14.7. The third-order valence-corrected chi connectivity index (χ3v) is 2.34. The van der Waals surface area contributed by atoms with Crippen LogP contribution in [0.25, 0.3) is 0 Å². The molecule has 0 saturated carbocycles. The zero-order valence-electron chi connectivity index (χ0n) is 12.2. The van der Waals surface area contributed by atoms with Gasteiger partial charge in [-0.1, -0.05) is 6.92 Å². The number of hydrogen-bond donors (Lipinski definition) is 2. The van der Waals surface area contributed by atoms with E-state index in [-0.39, 0.29) is 0 Å². The van der Waals surface area contributed by atoms with Gasteiger partial charge in [-0.05, 0) is 33.5 Å². The lowest BCUT2D eigenvalue weighted by Gasteiger charge is -2.11. The minimum Gasteiger partial charge on any atom is -0.463 e. The molecule has 7 nitrogen and oxygen atoms in total. The van der Waals surface area contributed by atoms with Crippen LogP contribution in [0.15, 0.2) is 0 Å². The first-order valence-corrected chi connectivity index (χ1v) is 6.61. The molecule has 0 bridgehead atoms. The monoisotopic (exact) mass is 268 g/mol. The van der Waals surface area contributed by atoms with Gasteiger partial charge in [0.25, 0.3) is 0 Å². The van der Waals surface area contributed by atoms with Crippen LogP contribution in [-0.2, 0) is 0 Å². The summed E-state index contributed by atoms with van der Waals surface area (Å²) in [6, 6.07) is 0.358. The van der Waals surface area contributed by atoms with Gasteiger partial charge >= 0.3 is 6.01 Å². The number of ether oxygens (including phenoxy) is 1. The molecular weight excluding hydrogens is 244 g/mol. The molecule has 1 heterocycles. The highest BCUT2D eigenvalue weighted by molar-refractivity contribution is 5.35. The van der Waals surface area contributed by atoms with E-state index < -0.39 is 0 Å². The van der Waals surface area contributed by atoms with E-state index in [1.54, 1.807) is 7.05 Å². The van der Waals surface area contributed by atoms with Gasteiger partial charge in [-0.25, -0.2) is 0 Å². The predicted molar refractivity (Wildman–Crippen MR) is 76.8 cm³/mol. The summed E-state index contributed by atoms with van der Waals surface area (Å²) in [5.41, 5.74) is 0. The van der Waals surface area contributed by atoms with Gasteiger partial charge in [-0.2, -0.15) is 15.0 Å². The molecule has 0 aromatic carbocycles. The van der Waals surface area contributed by atoms with Gasteiger partial charge in [0.1, 0.15) is 0 Å². The predicted octanol–water partition coefficient (Wildman–Crippen LogP) is 1.07. The molecule has 1 rings (SSSR count). The van der Waals surface area contributed by atoms with Gasteiger partial charge in [-0.15, -0.1) is 0 Å². The lowest BCUT2D eigenvalue weighted by molar-refractivity contribution is 0.292. The lowest BCUT2D eigenvalue weighted by atomic mass is 10.4. The summed E-state index contributed by atoms with van der Waals surface area (Å²) in [7, 11) is 5.88. The van der Waals surface area contributed by atoms with Crippen molar-refractivity contribution in [2.75, 3.05) is 51.5 Å². The van der Waals surface area contributed by atoms with Crippen LogP contribution in [0.5, 0.6) is 6.01 Å². The van der Waals surface area contributed by atoms with Crippen LogP contribution in [-0.4, -0.2) is 60.7 Å². The molecule has 0 radical (unpaired) electrons. The highest BCUT2D eigenvalue weighted by Crippen LogP contribution is 2.10. The standard InChI is InChI=1S/C12H24N6O/c1-5-9-19-12-16-10(13-2)15-11(17-12)14-7-6-8-18(3)4/h5-9H2,1-4H3,(H2,13,14,15,16,17). The van der Waals surface area contributed by atoms with Crippen LogP contribution in [0.4, 0.5) is 11.9 Å². The maximum Gasteiger partial charge on any atom is 0.323 e. The van der Waals surface area contributed by atoms with E-state index in [2.05, 4.69) is 44.6 Å². The number of anilines is 2. The van der Waals surface area contributed by atoms with Crippen molar-refractivity contribution >= 4 is 11.9 Å². The van der Waals surface area contributed by atoms with Crippen molar-refractivity contribution in [2.24, 2.45) is 0 Å².